The van der Waals surface area contributed by atoms with Crippen molar-refractivity contribution >= 4 is 16.7 Å². The maximum absolute atomic E-state index is 13.0. The second-order valence-corrected chi connectivity index (χ2v) is 7.88. The van der Waals surface area contributed by atoms with E-state index in [1.807, 2.05) is 50.2 Å². The zero-order valence-corrected chi connectivity index (χ0v) is 18.8. The molecule has 2 aromatic heterocycles. The maximum atomic E-state index is 13.0. The minimum atomic E-state index is -0.0688. The van der Waals surface area contributed by atoms with Crippen molar-refractivity contribution in [1.82, 2.24) is 19.5 Å². The molecule has 0 saturated heterocycles. The van der Waals surface area contributed by atoms with Crippen LogP contribution in [0.4, 0.5) is 5.82 Å². The summed E-state index contributed by atoms with van der Waals surface area (Å²) < 4.78 is 7.48. The molecule has 7 nitrogen and oxygen atoms in total. The molecule has 4 aromatic rings. The molecule has 7 heteroatoms. The van der Waals surface area contributed by atoms with E-state index >= 15 is 0 Å². The molecule has 0 atom stereocenters. The SMILES string of the molecule is Cc1nc(Cn2c(C)nc3ccccc3c2=O)cc(NCCOc2ccc(C)c(C)c2)n1. The van der Waals surface area contributed by atoms with Gasteiger partial charge in [-0.2, -0.15) is 0 Å². The average molecular weight is 430 g/mol. The van der Waals surface area contributed by atoms with Gasteiger partial charge in [0, 0.05) is 6.07 Å². The van der Waals surface area contributed by atoms with E-state index in [-0.39, 0.29) is 5.56 Å². The first-order valence-corrected chi connectivity index (χ1v) is 10.7. The molecule has 164 valence electrons. The number of aryl methyl sites for hydroxylation is 4. The highest BCUT2D eigenvalue weighted by Gasteiger charge is 2.10. The van der Waals surface area contributed by atoms with E-state index in [0.717, 1.165) is 11.4 Å². The molecule has 0 radical (unpaired) electrons. The molecule has 4 rings (SSSR count). The van der Waals surface area contributed by atoms with E-state index < -0.39 is 0 Å². The molecule has 32 heavy (non-hydrogen) atoms. The van der Waals surface area contributed by atoms with E-state index in [9.17, 15) is 4.79 Å². The molecular weight excluding hydrogens is 402 g/mol. The van der Waals surface area contributed by atoms with Crippen LogP contribution < -0.4 is 15.6 Å². The molecule has 2 aromatic carbocycles. The Morgan fingerprint density at radius 3 is 2.56 bits per heavy atom. The number of nitrogens with one attached hydrogen (secondary N) is 1. The Balaban J connectivity index is 1.45. The number of rotatable bonds is 7. The van der Waals surface area contributed by atoms with Crippen LogP contribution in [0.1, 0.15) is 28.5 Å². The molecule has 0 fully saturated rings. The molecule has 1 N–H and O–H groups in total. The van der Waals surface area contributed by atoms with E-state index in [4.69, 9.17) is 4.74 Å². The van der Waals surface area contributed by atoms with Crippen molar-refractivity contribution in [3.05, 3.63) is 87.4 Å². The van der Waals surface area contributed by atoms with Gasteiger partial charge in [-0.15, -0.1) is 0 Å². The molecule has 2 heterocycles. The van der Waals surface area contributed by atoms with Crippen LogP contribution in [0, 0.1) is 27.7 Å². The van der Waals surface area contributed by atoms with Crippen LogP contribution in [0.15, 0.2) is 53.3 Å². The molecular formula is C25H27N5O2. The predicted molar refractivity (Wildman–Crippen MR) is 127 cm³/mol. The zero-order valence-electron chi connectivity index (χ0n) is 18.8. The number of fused-ring (bicyclic) bond motifs is 1. The number of nitrogens with zero attached hydrogens (tertiary/aromatic N) is 4. The molecule has 0 saturated carbocycles. The lowest BCUT2D eigenvalue weighted by molar-refractivity contribution is 0.332. The first-order valence-electron chi connectivity index (χ1n) is 10.7. The average Bonchev–Trinajstić information content (AvgIpc) is 2.76. The fourth-order valence-corrected chi connectivity index (χ4v) is 3.58. The lowest BCUT2D eigenvalue weighted by Crippen LogP contribution is -2.25. The summed E-state index contributed by atoms with van der Waals surface area (Å²) >= 11 is 0. The van der Waals surface area contributed by atoms with Gasteiger partial charge in [-0.25, -0.2) is 15.0 Å². The Hall–Kier alpha value is -3.74. The van der Waals surface area contributed by atoms with Crippen molar-refractivity contribution in [3.63, 3.8) is 0 Å². The second kappa shape index (κ2) is 9.18. The van der Waals surface area contributed by atoms with E-state index in [1.165, 1.54) is 11.1 Å². The number of anilines is 1. The molecule has 0 bridgehead atoms. The highest BCUT2D eigenvalue weighted by Crippen LogP contribution is 2.16. The van der Waals surface area contributed by atoms with Gasteiger partial charge >= 0.3 is 0 Å². The summed E-state index contributed by atoms with van der Waals surface area (Å²) in [6.45, 7) is 9.27. The van der Waals surface area contributed by atoms with Gasteiger partial charge in [0.2, 0.25) is 0 Å². The van der Waals surface area contributed by atoms with Crippen molar-refractivity contribution < 1.29 is 4.74 Å². The van der Waals surface area contributed by atoms with E-state index in [1.54, 1.807) is 10.6 Å². The Kier molecular flexibility index (Phi) is 6.16. The minimum Gasteiger partial charge on any atom is -0.492 e. The van der Waals surface area contributed by atoms with Gasteiger partial charge in [-0.1, -0.05) is 18.2 Å². The highest BCUT2D eigenvalue weighted by molar-refractivity contribution is 5.77. The Morgan fingerprint density at radius 2 is 1.75 bits per heavy atom. The molecule has 0 aliphatic carbocycles. The zero-order chi connectivity index (χ0) is 22.7. The topological polar surface area (TPSA) is 81.9 Å². The molecule has 0 aliphatic heterocycles. The number of hydrogen-bond donors (Lipinski definition) is 1. The lowest BCUT2D eigenvalue weighted by atomic mass is 10.1. The van der Waals surface area contributed by atoms with Gasteiger partial charge in [0.1, 0.15) is 29.8 Å². The van der Waals surface area contributed by atoms with Crippen molar-refractivity contribution in [1.29, 1.82) is 0 Å². The van der Waals surface area contributed by atoms with Crippen LogP contribution in [-0.4, -0.2) is 32.7 Å². The van der Waals surface area contributed by atoms with Gasteiger partial charge in [0.15, 0.2) is 0 Å². The molecule has 0 amide bonds. The van der Waals surface area contributed by atoms with Gasteiger partial charge in [0.25, 0.3) is 5.56 Å². The first-order chi connectivity index (χ1) is 15.4. The predicted octanol–water partition coefficient (Wildman–Crippen LogP) is 3.96. The number of para-hydroxylation sites is 1. The van der Waals surface area contributed by atoms with Crippen molar-refractivity contribution in [3.8, 4) is 5.75 Å². The number of benzene rings is 2. The Morgan fingerprint density at radius 1 is 0.938 bits per heavy atom. The normalized spacial score (nSPS) is 11.0. The Bertz CT molecular complexity index is 1330. The van der Waals surface area contributed by atoms with Crippen LogP contribution in [-0.2, 0) is 6.54 Å². The number of aromatic nitrogens is 4. The van der Waals surface area contributed by atoms with Gasteiger partial charge in [-0.3, -0.25) is 9.36 Å². The van der Waals surface area contributed by atoms with Gasteiger partial charge in [0.05, 0.1) is 29.7 Å². The highest BCUT2D eigenvalue weighted by atomic mass is 16.5. The van der Waals surface area contributed by atoms with Crippen LogP contribution in [0.5, 0.6) is 5.75 Å². The third-order valence-electron chi connectivity index (χ3n) is 5.42. The minimum absolute atomic E-state index is 0.0688. The van der Waals surface area contributed by atoms with Gasteiger partial charge < -0.3 is 10.1 Å². The third kappa shape index (κ3) is 4.77. The lowest BCUT2D eigenvalue weighted by Gasteiger charge is -2.13. The molecule has 0 aliphatic rings. The monoisotopic (exact) mass is 429 g/mol. The summed E-state index contributed by atoms with van der Waals surface area (Å²) in [5.74, 6) is 2.85. The van der Waals surface area contributed by atoms with Crippen molar-refractivity contribution in [2.45, 2.75) is 34.2 Å². The fraction of sp³-hybridized carbons (Fsp3) is 0.280. The van der Waals surface area contributed by atoms with Crippen LogP contribution in [0.2, 0.25) is 0 Å². The Labute approximate surface area is 187 Å². The standard InChI is InChI=1S/C25H27N5O2/c1-16-9-10-21(13-17(16)2)32-12-11-26-24-14-20(27-18(3)28-24)15-30-19(4)29-23-8-6-5-7-22(23)25(30)31/h5-10,13-14H,11-12,15H2,1-4H3,(H,26,27,28). The van der Waals surface area contributed by atoms with E-state index in [2.05, 4.69) is 40.2 Å². The summed E-state index contributed by atoms with van der Waals surface area (Å²) in [6.07, 6.45) is 0. The second-order valence-electron chi connectivity index (χ2n) is 7.88. The van der Waals surface area contributed by atoms with Gasteiger partial charge in [-0.05, 0) is 63.1 Å². The van der Waals surface area contributed by atoms with Crippen molar-refractivity contribution in [2.24, 2.45) is 0 Å². The van der Waals surface area contributed by atoms with Crippen molar-refractivity contribution in [2.75, 3.05) is 18.5 Å². The molecule has 0 unspecified atom stereocenters. The summed E-state index contributed by atoms with van der Waals surface area (Å²) in [6, 6.07) is 15.3. The summed E-state index contributed by atoms with van der Waals surface area (Å²) in [4.78, 5) is 26.5. The fourth-order valence-electron chi connectivity index (χ4n) is 3.58. The quantitative estimate of drug-likeness (QED) is 0.448. The van der Waals surface area contributed by atoms with Crippen LogP contribution in [0.3, 0.4) is 0 Å². The largest absolute Gasteiger partial charge is 0.492 e. The molecule has 0 spiro atoms. The summed E-state index contributed by atoms with van der Waals surface area (Å²) in [7, 11) is 0. The summed E-state index contributed by atoms with van der Waals surface area (Å²) in [5.41, 5.74) is 3.84. The number of ether oxygens (including phenoxy) is 1. The van der Waals surface area contributed by atoms with Crippen LogP contribution in [0.25, 0.3) is 10.9 Å². The first kappa shape index (κ1) is 21.5. The van der Waals surface area contributed by atoms with Crippen LogP contribution >= 0.6 is 0 Å². The maximum Gasteiger partial charge on any atom is 0.261 e. The smallest absolute Gasteiger partial charge is 0.261 e. The van der Waals surface area contributed by atoms with E-state index in [0.29, 0.717) is 48.1 Å². The third-order valence-corrected chi connectivity index (χ3v) is 5.42. The summed E-state index contributed by atoms with van der Waals surface area (Å²) in [5, 5.41) is 3.89. The number of hydrogen-bond acceptors (Lipinski definition) is 6.